The fourth-order valence-electron chi connectivity index (χ4n) is 8.92. The lowest BCUT2D eigenvalue weighted by atomic mass is 9.89. The molecule has 0 saturated heterocycles. The quantitative estimate of drug-likeness (QED) is 0.131. The average molecular weight is 788 g/mol. The lowest BCUT2D eigenvalue weighted by molar-refractivity contribution is 0.654. The maximum atomic E-state index is 6.67. The van der Waals surface area contributed by atoms with Crippen molar-refractivity contribution in [2.24, 2.45) is 0 Å². The first-order valence-electron chi connectivity index (χ1n) is 21.3. The number of rotatable bonds is 11. The van der Waals surface area contributed by atoms with Gasteiger partial charge in [0.1, 0.15) is 22.8 Å². The van der Waals surface area contributed by atoms with Crippen LogP contribution in [0.2, 0.25) is 0 Å². The smallest absolute Gasteiger partial charge is 0.144 e. The van der Waals surface area contributed by atoms with Crippen LogP contribution in [0.1, 0.15) is 101 Å². The Morgan fingerprint density at radius 2 is 0.983 bits per heavy atom. The Morgan fingerprint density at radius 1 is 0.467 bits per heavy atom. The Kier molecular flexibility index (Phi) is 10.2. The van der Waals surface area contributed by atoms with Gasteiger partial charge in [0.25, 0.3) is 0 Å². The van der Waals surface area contributed by atoms with Gasteiger partial charge in [0, 0.05) is 69.3 Å². The molecular weight excluding hydrogens is 735 g/mol. The van der Waals surface area contributed by atoms with Crippen LogP contribution in [0.3, 0.4) is 0 Å². The first-order chi connectivity index (χ1) is 29.1. The highest BCUT2D eigenvalue weighted by Crippen LogP contribution is 2.44. The van der Waals surface area contributed by atoms with Gasteiger partial charge in [-0.2, -0.15) is 0 Å². The summed E-state index contributed by atoms with van der Waals surface area (Å²) >= 11 is 0. The van der Waals surface area contributed by atoms with Crippen molar-refractivity contribution >= 4 is 39.0 Å². The van der Waals surface area contributed by atoms with Gasteiger partial charge in [-0.3, -0.25) is 9.13 Å². The molecule has 0 unspecified atom stereocenters. The molecule has 9 aromatic rings. The summed E-state index contributed by atoms with van der Waals surface area (Å²) in [6, 6.07) is 45.5. The van der Waals surface area contributed by atoms with E-state index in [1.807, 2.05) is 18.5 Å². The summed E-state index contributed by atoms with van der Waals surface area (Å²) in [6.07, 6.45) is 8.05. The van der Waals surface area contributed by atoms with Crippen LogP contribution in [-0.4, -0.2) is 19.1 Å². The lowest BCUT2D eigenvalue weighted by Crippen LogP contribution is -2.11. The average Bonchev–Trinajstić information content (AvgIpc) is 4.03. The Balaban J connectivity index is 1.18. The Morgan fingerprint density at radius 3 is 1.55 bits per heavy atom. The van der Waals surface area contributed by atoms with Gasteiger partial charge in [0.2, 0.25) is 0 Å². The fourth-order valence-corrected chi connectivity index (χ4v) is 8.92. The van der Waals surface area contributed by atoms with Gasteiger partial charge < -0.3 is 9.32 Å². The minimum Gasteiger partial charge on any atom is -0.456 e. The number of aromatic nitrogens is 4. The predicted molar refractivity (Wildman–Crippen MR) is 250 cm³/mol. The molecule has 0 aliphatic carbocycles. The number of hydrogen-bond acceptors (Lipinski definition) is 4. The number of nitrogens with zero attached hydrogens (tertiary/aromatic N) is 5. The van der Waals surface area contributed by atoms with E-state index in [0.717, 1.165) is 67.5 Å². The largest absolute Gasteiger partial charge is 0.456 e. The van der Waals surface area contributed by atoms with Crippen LogP contribution >= 0.6 is 0 Å². The maximum Gasteiger partial charge on any atom is 0.144 e. The second kappa shape index (κ2) is 15.8. The topological polar surface area (TPSA) is 52.0 Å². The molecule has 0 radical (unpaired) electrons. The van der Waals surface area contributed by atoms with Crippen molar-refractivity contribution < 1.29 is 4.42 Å². The molecule has 6 nitrogen and oxygen atoms in total. The molecular formula is C54H53N5O. The SMILES string of the molecule is CC(C)c1cccc(C(C)C)c1-n1ccnc1-c1cccc(N(c2ccccc2)c2cccc(-c3nccn3-c3c(C(C)C)cc4c(oc5ccccc54)c3C(C)C)c2)c1. The van der Waals surface area contributed by atoms with Crippen molar-refractivity contribution in [2.45, 2.75) is 79.1 Å². The van der Waals surface area contributed by atoms with E-state index in [0.29, 0.717) is 11.8 Å². The molecule has 0 amide bonds. The molecule has 0 saturated carbocycles. The molecule has 3 heterocycles. The van der Waals surface area contributed by atoms with E-state index in [4.69, 9.17) is 14.4 Å². The summed E-state index contributed by atoms with van der Waals surface area (Å²) in [5.74, 6) is 2.99. The zero-order chi connectivity index (χ0) is 41.7. The molecule has 0 N–H and O–H groups in total. The van der Waals surface area contributed by atoms with Gasteiger partial charge in [0.15, 0.2) is 0 Å². The third kappa shape index (κ3) is 6.80. The van der Waals surface area contributed by atoms with E-state index in [1.54, 1.807) is 0 Å². The van der Waals surface area contributed by atoms with Gasteiger partial charge in [-0.15, -0.1) is 0 Å². The van der Waals surface area contributed by atoms with Crippen LogP contribution in [0.15, 0.2) is 157 Å². The molecule has 9 rings (SSSR count). The third-order valence-corrected chi connectivity index (χ3v) is 11.8. The molecule has 0 spiro atoms. The van der Waals surface area contributed by atoms with Crippen LogP contribution in [0.25, 0.3) is 56.1 Å². The Bertz CT molecular complexity index is 2930. The van der Waals surface area contributed by atoms with Gasteiger partial charge in [0.05, 0.1) is 11.4 Å². The number of benzene rings is 6. The number of furan rings is 1. The van der Waals surface area contributed by atoms with Crippen molar-refractivity contribution in [1.82, 2.24) is 19.1 Å². The van der Waals surface area contributed by atoms with Crippen molar-refractivity contribution in [3.63, 3.8) is 0 Å². The normalized spacial score (nSPS) is 11.9. The summed E-state index contributed by atoms with van der Waals surface area (Å²) in [5, 5.41) is 2.31. The van der Waals surface area contributed by atoms with E-state index < -0.39 is 0 Å². The van der Waals surface area contributed by atoms with Crippen molar-refractivity contribution in [3.8, 4) is 34.2 Å². The van der Waals surface area contributed by atoms with Crippen molar-refractivity contribution in [1.29, 1.82) is 0 Å². The monoisotopic (exact) mass is 787 g/mol. The minimum atomic E-state index is 0.204. The number of imidazole rings is 2. The van der Waals surface area contributed by atoms with E-state index in [2.05, 4.69) is 203 Å². The number of hydrogen-bond donors (Lipinski definition) is 0. The zero-order valence-corrected chi connectivity index (χ0v) is 35.9. The second-order valence-electron chi connectivity index (χ2n) is 17.1. The molecule has 6 heteroatoms. The highest BCUT2D eigenvalue weighted by Gasteiger charge is 2.26. The Hall–Kier alpha value is -6.66. The summed E-state index contributed by atoms with van der Waals surface area (Å²) in [6.45, 7) is 18.1. The molecule has 300 valence electrons. The molecule has 0 aliphatic heterocycles. The van der Waals surface area contributed by atoms with Gasteiger partial charge in [-0.1, -0.05) is 134 Å². The predicted octanol–water partition coefficient (Wildman–Crippen LogP) is 15.3. The van der Waals surface area contributed by atoms with E-state index >= 15 is 0 Å². The maximum absolute atomic E-state index is 6.67. The second-order valence-corrected chi connectivity index (χ2v) is 17.1. The van der Waals surface area contributed by atoms with Crippen molar-refractivity contribution in [2.75, 3.05) is 4.90 Å². The summed E-state index contributed by atoms with van der Waals surface area (Å²) in [7, 11) is 0. The Labute approximate surface area is 353 Å². The standard InChI is InChI=1S/C54H53N5O/c1-34(2)43-24-16-25-44(35(3)4)50(43)57-29-27-55-53(57)38-17-14-21-41(31-38)59(40-19-10-9-11-20-40)42-22-15-18-39(32-42)54-56-28-30-58(54)51-46(36(5)6)33-47-45-23-12-13-26-48(45)60-52(47)49(51)37(7)8/h9-37H,1-8H3. The summed E-state index contributed by atoms with van der Waals surface area (Å²) < 4.78 is 11.2. The molecule has 0 fully saturated rings. The number of fused-ring (bicyclic) bond motifs is 3. The number of anilines is 3. The van der Waals surface area contributed by atoms with Crippen LogP contribution in [-0.2, 0) is 0 Å². The van der Waals surface area contributed by atoms with Crippen molar-refractivity contribution in [3.05, 3.63) is 174 Å². The van der Waals surface area contributed by atoms with Crippen LogP contribution in [0.5, 0.6) is 0 Å². The third-order valence-electron chi connectivity index (χ3n) is 11.8. The first kappa shape index (κ1) is 38.8. The summed E-state index contributed by atoms with van der Waals surface area (Å²) in [4.78, 5) is 12.4. The molecule has 3 aromatic heterocycles. The van der Waals surface area contributed by atoms with Gasteiger partial charge >= 0.3 is 0 Å². The highest BCUT2D eigenvalue weighted by molar-refractivity contribution is 6.07. The lowest BCUT2D eigenvalue weighted by Gasteiger charge is -2.27. The highest BCUT2D eigenvalue weighted by atomic mass is 16.3. The van der Waals surface area contributed by atoms with Crippen LogP contribution in [0, 0.1) is 0 Å². The van der Waals surface area contributed by atoms with Crippen LogP contribution in [0.4, 0.5) is 17.1 Å². The summed E-state index contributed by atoms with van der Waals surface area (Å²) in [5.41, 5.74) is 14.5. The minimum absolute atomic E-state index is 0.204. The zero-order valence-electron chi connectivity index (χ0n) is 35.9. The van der Waals surface area contributed by atoms with E-state index in [9.17, 15) is 0 Å². The molecule has 0 atom stereocenters. The fraction of sp³-hybridized carbons (Fsp3) is 0.222. The molecule has 0 aliphatic rings. The molecule has 60 heavy (non-hydrogen) atoms. The molecule has 6 aromatic carbocycles. The van der Waals surface area contributed by atoms with Gasteiger partial charge in [-0.05, 0) is 88.9 Å². The van der Waals surface area contributed by atoms with Crippen LogP contribution < -0.4 is 4.90 Å². The van der Waals surface area contributed by atoms with Gasteiger partial charge in [-0.25, -0.2) is 9.97 Å². The number of para-hydroxylation sites is 3. The van der Waals surface area contributed by atoms with E-state index in [-0.39, 0.29) is 11.8 Å². The first-order valence-corrected chi connectivity index (χ1v) is 21.3. The molecule has 0 bridgehead atoms. The van der Waals surface area contributed by atoms with E-state index in [1.165, 1.54) is 27.9 Å².